The monoisotopic (exact) mass is 271 g/mol. The summed E-state index contributed by atoms with van der Waals surface area (Å²) in [6.07, 6.45) is 6.98. The summed E-state index contributed by atoms with van der Waals surface area (Å²) in [7, 11) is 2.34. The van der Waals surface area contributed by atoms with Crippen molar-refractivity contribution in [1.82, 2.24) is 4.90 Å². The van der Waals surface area contributed by atoms with Gasteiger partial charge in [-0.1, -0.05) is 51.5 Å². The summed E-state index contributed by atoms with van der Waals surface area (Å²) in [5.74, 6) is 0.788. The summed E-state index contributed by atoms with van der Waals surface area (Å²) in [5, 5.41) is 0. The molecule has 1 nitrogen and oxygen atoms in total. The second-order valence-electron chi connectivity index (χ2n) is 7.94. The highest BCUT2D eigenvalue weighted by Gasteiger charge is 2.36. The Labute approximate surface area is 124 Å². The summed E-state index contributed by atoms with van der Waals surface area (Å²) in [4.78, 5) is 2.66. The summed E-state index contributed by atoms with van der Waals surface area (Å²) in [5.41, 5.74) is 3.29. The van der Waals surface area contributed by atoms with Gasteiger partial charge in [0.15, 0.2) is 0 Å². The number of fused-ring (bicyclic) bond motifs is 2. The van der Waals surface area contributed by atoms with Gasteiger partial charge >= 0.3 is 0 Å². The van der Waals surface area contributed by atoms with Crippen molar-refractivity contribution in [3.63, 3.8) is 0 Å². The van der Waals surface area contributed by atoms with Crippen molar-refractivity contribution in [2.75, 3.05) is 7.05 Å². The predicted octanol–water partition coefficient (Wildman–Crippen LogP) is 4.71. The first-order valence-electron chi connectivity index (χ1n) is 8.27. The molecule has 2 bridgehead atoms. The Balaban J connectivity index is 1.77. The van der Waals surface area contributed by atoms with Gasteiger partial charge in [0.1, 0.15) is 0 Å². The molecule has 0 aliphatic carbocycles. The third kappa shape index (κ3) is 2.65. The minimum Gasteiger partial charge on any atom is -0.300 e. The molecule has 1 heteroatoms. The van der Waals surface area contributed by atoms with Crippen LogP contribution in [-0.4, -0.2) is 24.0 Å². The molecule has 1 aromatic carbocycles. The summed E-state index contributed by atoms with van der Waals surface area (Å²) in [6, 6.07) is 11.1. The Morgan fingerprint density at radius 3 is 2.00 bits per heavy atom. The van der Waals surface area contributed by atoms with E-state index in [4.69, 9.17) is 0 Å². The van der Waals surface area contributed by atoms with Crippen molar-refractivity contribution < 1.29 is 0 Å². The van der Waals surface area contributed by atoms with Gasteiger partial charge in [0.25, 0.3) is 0 Å². The third-order valence-corrected chi connectivity index (χ3v) is 5.59. The Morgan fingerprint density at radius 1 is 0.950 bits per heavy atom. The summed E-state index contributed by atoms with van der Waals surface area (Å²) in [6.45, 7) is 6.88. The van der Waals surface area contributed by atoms with E-state index in [0.717, 1.165) is 18.0 Å². The molecule has 2 saturated heterocycles. The van der Waals surface area contributed by atoms with Gasteiger partial charge in [-0.25, -0.2) is 0 Å². The van der Waals surface area contributed by atoms with Gasteiger partial charge in [-0.05, 0) is 55.2 Å². The van der Waals surface area contributed by atoms with Crippen LogP contribution in [0.5, 0.6) is 0 Å². The molecule has 1 aromatic rings. The van der Waals surface area contributed by atoms with Crippen LogP contribution in [0.2, 0.25) is 0 Å². The van der Waals surface area contributed by atoms with Crippen LogP contribution in [0.15, 0.2) is 24.3 Å². The maximum absolute atomic E-state index is 2.66. The van der Waals surface area contributed by atoms with E-state index in [9.17, 15) is 0 Å². The second kappa shape index (κ2) is 5.18. The highest BCUT2D eigenvalue weighted by atomic mass is 15.2. The fourth-order valence-corrected chi connectivity index (χ4v) is 4.14. The zero-order chi connectivity index (χ0) is 14.3. The Bertz CT molecular complexity index is 440. The molecule has 2 aliphatic rings. The van der Waals surface area contributed by atoms with E-state index in [0.29, 0.717) is 0 Å². The molecule has 2 fully saturated rings. The molecule has 0 saturated carbocycles. The van der Waals surface area contributed by atoms with E-state index in [2.05, 4.69) is 57.0 Å². The van der Waals surface area contributed by atoms with E-state index in [1.54, 1.807) is 5.56 Å². The topological polar surface area (TPSA) is 3.24 Å². The van der Waals surface area contributed by atoms with Gasteiger partial charge in [0.05, 0.1) is 0 Å². The number of hydrogen-bond acceptors (Lipinski definition) is 1. The van der Waals surface area contributed by atoms with Crippen LogP contribution in [0, 0.1) is 0 Å². The number of benzene rings is 1. The molecule has 3 rings (SSSR count). The summed E-state index contributed by atoms with van der Waals surface area (Å²) < 4.78 is 0. The van der Waals surface area contributed by atoms with E-state index >= 15 is 0 Å². The van der Waals surface area contributed by atoms with Crippen molar-refractivity contribution in [2.24, 2.45) is 0 Å². The number of hydrogen-bond donors (Lipinski definition) is 0. The fraction of sp³-hybridized carbons (Fsp3) is 0.684. The highest BCUT2D eigenvalue weighted by molar-refractivity contribution is 5.30. The molecule has 2 aliphatic heterocycles. The predicted molar refractivity (Wildman–Crippen MR) is 86.3 cm³/mol. The average Bonchev–Trinajstić information content (AvgIpc) is 2.37. The Morgan fingerprint density at radius 2 is 1.50 bits per heavy atom. The van der Waals surface area contributed by atoms with Crippen LogP contribution in [0.1, 0.15) is 69.9 Å². The quantitative estimate of drug-likeness (QED) is 0.714. The van der Waals surface area contributed by atoms with Gasteiger partial charge in [-0.2, -0.15) is 0 Å². The van der Waals surface area contributed by atoms with Gasteiger partial charge in [-0.3, -0.25) is 0 Å². The Kier molecular flexibility index (Phi) is 3.66. The van der Waals surface area contributed by atoms with E-state index in [1.165, 1.54) is 37.7 Å². The van der Waals surface area contributed by atoms with Crippen LogP contribution < -0.4 is 0 Å². The fourth-order valence-electron chi connectivity index (χ4n) is 4.14. The molecule has 0 aromatic heterocycles. The smallest absolute Gasteiger partial charge is 0.0101 e. The average molecular weight is 271 g/mol. The van der Waals surface area contributed by atoms with Crippen LogP contribution >= 0.6 is 0 Å². The molecule has 2 heterocycles. The zero-order valence-electron chi connectivity index (χ0n) is 13.5. The molecule has 20 heavy (non-hydrogen) atoms. The molecule has 110 valence electrons. The second-order valence-corrected chi connectivity index (χ2v) is 7.94. The van der Waals surface area contributed by atoms with Gasteiger partial charge in [0, 0.05) is 12.1 Å². The minimum absolute atomic E-state index is 0.266. The van der Waals surface area contributed by atoms with E-state index < -0.39 is 0 Å². The first-order valence-corrected chi connectivity index (χ1v) is 8.27. The molecular formula is C19H29N. The maximum atomic E-state index is 2.66. The molecule has 0 N–H and O–H groups in total. The lowest BCUT2D eigenvalue weighted by Gasteiger charge is -2.47. The van der Waals surface area contributed by atoms with Gasteiger partial charge < -0.3 is 4.90 Å². The van der Waals surface area contributed by atoms with Crippen molar-refractivity contribution >= 4 is 0 Å². The number of nitrogens with zero attached hydrogens (tertiary/aromatic N) is 1. The SMILES string of the molecule is CN1[C@@H]2CCC[C@H]1CC(c1ccc(C(C)(C)C)cc1)C2. The first-order chi connectivity index (χ1) is 9.45. The van der Waals surface area contributed by atoms with E-state index in [1.807, 2.05) is 0 Å². The molecule has 0 spiro atoms. The zero-order valence-corrected chi connectivity index (χ0v) is 13.5. The number of rotatable bonds is 1. The molecule has 1 unspecified atom stereocenters. The summed E-state index contributed by atoms with van der Waals surface area (Å²) >= 11 is 0. The first kappa shape index (κ1) is 14.1. The normalized spacial score (nSPS) is 31.3. The van der Waals surface area contributed by atoms with Crippen molar-refractivity contribution in [2.45, 2.75) is 76.3 Å². The maximum Gasteiger partial charge on any atom is 0.0101 e. The lowest BCUT2D eigenvalue weighted by Crippen LogP contribution is -2.49. The lowest BCUT2D eigenvalue weighted by molar-refractivity contribution is 0.0555. The standard InChI is InChI=1S/C19H29N/c1-19(2,3)16-10-8-14(9-11-16)15-12-17-6-5-7-18(13-15)20(17)4/h8-11,15,17-18H,5-7,12-13H2,1-4H3/t15?,17-,18+. The van der Waals surface area contributed by atoms with Crippen molar-refractivity contribution in [3.8, 4) is 0 Å². The third-order valence-electron chi connectivity index (χ3n) is 5.59. The highest BCUT2D eigenvalue weighted by Crippen LogP contribution is 2.40. The van der Waals surface area contributed by atoms with Gasteiger partial charge in [-0.15, -0.1) is 0 Å². The van der Waals surface area contributed by atoms with Gasteiger partial charge in [0.2, 0.25) is 0 Å². The van der Waals surface area contributed by atoms with Crippen molar-refractivity contribution in [3.05, 3.63) is 35.4 Å². The largest absolute Gasteiger partial charge is 0.300 e. The molecular weight excluding hydrogens is 242 g/mol. The van der Waals surface area contributed by atoms with Crippen LogP contribution in [0.25, 0.3) is 0 Å². The number of piperidine rings is 2. The van der Waals surface area contributed by atoms with Crippen molar-refractivity contribution in [1.29, 1.82) is 0 Å². The Hall–Kier alpha value is -0.820. The van der Waals surface area contributed by atoms with Crippen LogP contribution in [0.4, 0.5) is 0 Å². The van der Waals surface area contributed by atoms with Crippen LogP contribution in [-0.2, 0) is 5.41 Å². The molecule has 0 radical (unpaired) electrons. The molecule has 3 atom stereocenters. The van der Waals surface area contributed by atoms with E-state index in [-0.39, 0.29) is 5.41 Å². The molecule has 0 amide bonds. The van der Waals surface area contributed by atoms with Crippen LogP contribution in [0.3, 0.4) is 0 Å². The minimum atomic E-state index is 0.266. The lowest BCUT2D eigenvalue weighted by atomic mass is 9.75.